The third-order valence-corrected chi connectivity index (χ3v) is 3.98. The smallest absolute Gasteiger partial charge is 0.164 e. The summed E-state index contributed by atoms with van der Waals surface area (Å²) in [5.74, 6) is 2.54. The number of thioether (sulfide) groups is 1. The molecule has 0 fully saturated rings. The lowest BCUT2D eigenvalue weighted by atomic mass is 10.0. The van der Waals surface area contributed by atoms with Gasteiger partial charge in [0.25, 0.3) is 0 Å². The zero-order valence-corrected chi connectivity index (χ0v) is 14.0. The maximum absolute atomic E-state index is 6.13. The minimum absolute atomic E-state index is 0.103. The number of hydrogen-bond donors (Lipinski definition) is 1. The Kier molecular flexibility index (Phi) is 8.19. The Morgan fingerprint density at radius 1 is 1.40 bits per heavy atom. The van der Waals surface area contributed by atoms with Gasteiger partial charge < -0.3 is 15.2 Å². The van der Waals surface area contributed by atoms with Crippen molar-refractivity contribution in [3.05, 3.63) is 22.7 Å². The first kappa shape index (κ1) is 17.5. The average Bonchev–Trinajstić information content (AvgIpc) is 2.44. The Balaban J connectivity index is 2.90. The predicted molar refractivity (Wildman–Crippen MR) is 88.5 cm³/mol. The van der Waals surface area contributed by atoms with Gasteiger partial charge >= 0.3 is 0 Å². The van der Waals surface area contributed by atoms with Gasteiger partial charge in [0.05, 0.1) is 13.7 Å². The SMILES string of the molecule is CCC(N)Cc1cc(Cl)cc(OC)c1OCCCSC. The summed E-state index contributed by atoms with van der Waals surface area (Å²) in [6.45, 7) is 2.75. The van der Waals surface area contributed by atoms with Crippen LogP contribution < -0.4 is 15.2 Å². The van der Waals surface area contributed by atoms with Gasteiger partial charge in [0.2, 0.25) is 0 Å². The van der Waals surface area contributed by atoms with E-state index in [-0.39, 0.29) is 6.04 Å². The number of hydrogen-bond acceptors (Lipinski definition) is 4. The number of ether oxygens (including phenoxy) is 2. The minimum Gasteiger partial charge on any atom is -0.493 e. The third kappa shape index (κ3) is 5.43. The highest BCUT2D eigenvalue weighted by molar-refractivity contribution is 7.98. The molecule has 1 aromatic rings. The summed E-state index contributed by atoms with van der Waals surface area (Å²) >= 11 is 7.95. The van der Waals surface area contributed by atoms with Crippen LogP contribution >= 0.6 is 23.4 Å². The summed E-state index contributed by atoms with van der Waals surface area (Å²) in [4.78, 5) is 0. The minimum atomic E-state index is 0.103. The van der Waals surface area contributed by atoms with Crippen LogP contribution in [-0.2, 0) is 6.42 Å². The maximum Gasteiger partial charge on any atom is 0.164 e. The van der Waals surface area contributed by atoms with E-state index in [2.05, 4.69) is 13.2 Å². The summed E-state index contributed by atoms with van der Waals surface area (Å²) in [6.07, 6.45) is 4.76. The topological polar surface area (TPSA) is 44.5 Å². The monoisotopic (exact) mass is 317 g/mol. The van der Waals surface area contributed by atoms with E-state index in [1.165, 1.54) is 0 Å². The summed E-state index contributed by atoms with van der Waals surface area (Å²) < 4.78 is 11.3. The van der Waals surface area contributed by atoms with E-state index in [9.17, 15) is 0 Å². The van der Waals surface area contributed by atoms with Crippen LogP contribution in [0.15, 0.2) is 12.1 Å². The highest BCUT2D eigenvalue weighted by Crippen LogP contribution is 2.35. The number of halogens is 1. The Bertz CT molecular complexity index is 415. The molecule has 0 bridgehead atoms. The molecule has 2 N–H and O–H groups in total. The molecule has 5 heteroatoms. The second kappa shape index (κ2) is 9.37. The van der Waals surface area contributed by atoms with Crippen LogP contribution in [0.2, 0.25) is 5.02 Å². The molecule has 0 spiro atoms. The standard InChI is InChI=1S/C15H24ClNO2S/c1-4-13(17)9-11-8-12(16)10-14(18-2)15(11)19-6-5-7-20-3/h8,10,13H,4-7,9,17H2,1-3H3. The largest absolute Gasteiger partial charge is 0.493 e. The first-order valence-electron chi connectivity index (χ1n) is 6.86. The highest BCUT2D eigenvalue weighted by atomic mass is 35.5. The first-order chi connectivity index (χ1) is 9.62. The lowest BCUT2D eigenvalue weighted by Gasteiger charge is -2.17. The Morgan fingerprint density at radius 2 is 2.15 bits per heavy atom. The maximum atomic E-state index is 6.13. The van der Waals surface area contributed by atoms with Gasteiger partial charge in [0.15, 0.2) is 11.5 Å². The molecule has 0 aliphatic carbocycles. The lowest BCUT2D eigenvalue weighted by Crippen LogP contribution is -2.22. The second-order valence-electron chi connectivity index (χ2n) is 4.66. The van der Waals surface area contributed by atoms with Crippen LogP contribution in [0, 0.1) is 0 Å². The Hall–Kier alpha value is -0.580. The number of rotatable bonds is 9. The van der Waals surface area contributed by atoms with Crippen molar-refractivity contribution in [3.63, 3.8) is 0 Å². The van der Waals surface area contributed by atoms with E-state index < -0.39 is 0 Å². The molecule has 1 unspecified atom stereocenters. The van der Waals surface area contributed by atoms with Crippen LogP contribution in [0.4, 0.5) is 0 Å². The molecular formula is C15H24ClNO2S. The number of nitrogens with two attached hydrogens (primary N) is 1. The highest BCUT2D eigenvalue weighted by Gasteiger charge is 2.15. The molecule has 0 aliphatic rings. The van der Waals surface area contributed by atoms with Crippen molar-refractivity contribution in [2.75, 3.05) is 25.7 Å². The molecule has 0 aromatic heterocycles. The van der Waals surface area contributed by atoms with Crippen LogP contribution in [0.5, 0.6) is 11.5 Å². The summed E-state index contributed by atoms with van der Waals surface area (Å²) in [6, 6.07) is 3.81. The summed E-state index contributed by atoms with van der Waals surface area (Å²) in [5.41, 5.74) is 7.07. The van der Waals surface area contributed by atoms with Crippen molar-refractivity contribution in [2.24, 2.45) is 5.73 Å². The van der Waals surface area contributed by atoms with Crippen molar-refractivity contribution in [2.45, 2.75) is 32.2 Å². The molecule has 20 heavy (non-hydrogen) atoms. The van der Waals surface area contributed by atoms with Gasteiger partial charge in [-0.3, -0.25) is 0 Å². The van der Waals surface area contributed by atoms with Gasteiger partial charge in [-0.15, -0.1) is 0 Å². The Labute approximate surface area is 131 Å². The lowest BCUT2D eigenvalue weighted by molar-refractivity contribution is 0.291. The first-order valence-corrected chi connectivity index (χ1v) is 8.63. The molecule has 0 amide bonds. The molecule has 0 heterocycles. The zero-order valence-electron chi connectivity index (χ0n) is 12.4. The van der Waals surface area contributed by atoms with Crippen LogP contribution in [0.3, 0.4) is 0 Å². The fraction of sp³-hybridized carbons (Fsp3) is 0.600. The van der Waals surface area contributed by atoms with Gasteiger partial charge in [-0.2, -0.15) is 11.8 Å². The Morgan fingerprint density at radius 3 is 2.75 bits per heavy atom. The zero-order chi connectivity index (χ0) is 15.0. The predicted octanol–water partition coefficient (Wildman–Crippen LogP) is 3.76. The van der Waals surface area contributed by atoms with Gasteiger partial charge in [0, 0.05) is 22.7 Å². The van der Waals surface area contributed by atoms with Crippen molar-refractivity contribution in [1.82, 2.24) is 0 Å². The van der Waals surface area contributed by atoms with Gasteiger partial charge in [-0.25, -0.2) is 0 Å². The fourth-order valence-electron chi connectivity index (χ4n) is 1.89. The number of methoxy groups -OCH3 is 1. The van der Waals surface area contributed by atoms with Gasteiger partial charge in [-0.05, 0) is 37.3 Å². The molecule has 3 nitrogen and oxygen atoms in total. The molecule has 0 aliphatic heterocycles. The van der Waals surface area contributed by atoms with E-state index >= 15 is 0 Å². The van der Waals surface area contributed by atoms with Crippen LogP contribution in [0.25, 0.3) is 0 Å². The molecule has 0 radical (unpaired) electrons. The van der Waals surface area contributed by atoms with Gasteiger partial charge in [0.1, 0.15) is 0 Å². The van der Waals surface area contributed by atoms with Crippen molar-refractivity contribution >= 4 is 23.4 Å². The summed E-state index contributed by atoms with van der Waals surface area (Å²) in [5, 5.41) is 0.650. The van der Waals surface area contributed by atoms with Crippen molar-refractivity contribution in [3.8, 4) is 11.5 Å². The quantitative estimate of drug-likeness (QED) is 0.704. The fourth-order valence-corrected chi connectivity index (χ4v) is 2.53. The van der Waals surface area contributed by atoms with E-state index in [1.807, 2.05) is 17.8 Å². The van der Waals surface area contributed by atoms with Crippen molar-refractivity contribution in [1.29, 1.82) is 0 Å². The van der Waals surface area contributed by atoms with E-state index in [4.69, 9.17) is 26.8 Å². The van der Waals surface area contributed by atoms with E-state index in [0.717, 1.165) is 36.3 Å². The van der Waals surface area contributed by atoms with Crippen LogP contribution in [0.1, 0.15) is 25.3 Å². The third-order valence-electron chi connectivity index (χ3n) is 3.06. The molecule has 1 rings (SSSR count). The molecule has 1 aromatic carbocycles. The van der Waals surface area contributed by atoms with Crippen LogP contribution in [-0.4, -0.2) is 31.8 Å². The van der Waals surface area contributed by atoms with Gasteiger partial charge in [-0.1, -0.05) is 18.5 Å². The van der Waals surface area contributed by atoms with E-state index in [0.29, 0.717) is 17.4 Å². The van der Waals surface area contributed by atoms with Crippen molar-refractivity contribution < 1.29 is 9.47 Å². The second-order valence-corrected chi connectivity index (χ2v) is 6.09. The molecule has 0 saturated heterocycles. The average molecular weight is 318 g/mol. The molecule has 1 atom stereocenters. The van der Waals surface area contributed by atoms with E-state index in [1.54, 1.807) is 13.2 Å². The molecule has 0 saturated carbocycles. The number of benzene rings is 1. The summed E-state index contributed by atoms with van der Waals surface area (Å²) in [7, 11) is 1.63. The molecule has 114 valence electrons. The molecular weight excluding hydrogens is 294 g/mol. The normalized spacial score (nSPS) is 12.2.